The fourth-order valence-electron chi connectivity index (χ4n) is 2.14. The van der Waals surface area contributed by atoms with Gasteiger partial charge in [-0.25, -0.2) is 4.79 Å². The van der Waals surface area contributed by atoms with Gasteiger partial charge >= 0.3 is 11.9 Å². The maximum Gasteiger partial charge on any atom is 0.326 e. The molecule has 0 bridgehead atoms. The first-order valence-electron chi connectivity index (χ1n) is 9.07. The summed E-state index contributed by atoms with van der Waals surface area (Å²) in [7, 11) is 0. The zero-order valence-electron chi connectivity index (χ0n) is 16.6. The maximum absolute atomic E-state index is 12.2. The van der Waals surface area contributed by atoms with Gasteiger partial charge in [0.2, 0.25) is 17.7 Å². The van der Waals surface area contributed by atoms with E-state index in [1.54, 1.807) is 0 Å². The van der Waals surface area contributed by atoms with Crippen molar-refractivity contribution in [2.24, 2.45) is 22.2 Å². The number of aliphatic imine (C=N–C) groups is 1. The molecule has 0 heterocycles. The van der Waals surface area contributed by atoms with Gasteiger partial charge in [0.05, 0.1) is 12.6 Å². The molecule has 3 unspecified atom stereocenters. The SMILES string of the molecule is CC(N)C(=O)NC(CCC(=O)O)C(=O)NCC(=O)NC(CCCN=C(N)N)C(=O)O. The number of nitrogens with two attached hydrogens (primary N) is 3. The molecule has 14 nitrogen and oxygen atoms in total. The first kappa shape index (κ1) is 26.6. The molecule has 3 atom stereocenters. The Morgan fingerprint density at radius 3 is 2.10 bits per heavy atom. The lowest BCUT2D eigenvalue weighted by molar-refractivity contribution is -0.142. The smallest absolute Gasteiger partial charge is 0.326 e. The summed E-state index contributed by atoms with van der Waals surface area (Å²) < 4.78 is 0. The average Bonchev–Trinajstić information content (AvgIpc) is 2.64. The summed E-state index contributed by atoms with van der Waals surface area (Å²) in [6.07, 6.45) is -0.274. The lowest BCUT2D eigenvalue weighted by Gasteiger charge is -2.19. The Labute approximate surface area is 172 Å². The third kappa shape index (κ3) is 12.1. The molecule has 0 aromatic rings. The molecule has 170 valence electrons. The van der Waals surface area contributed by atoms with Crippen LogP contribution in [0.25, 0.3) is 0 Å². The number of aliphatic carboxylic acids is 2. The van der Waals surface area contributed by atoms with E-state index in [0.717, 1.165) is 0 Å². The third-order valence-electron chi connectivity index (χ3n) is 3.70. The summed E-state index contributed by atoms with van der Waals surface area (Å²) >= 11 is 0. The number of nitrogens with one attached hydrogen (secondary N) is 3. The molecular formula is C16H29N7O7. The van der Waals surface area contributed by atoms with Crippen molar-refractivity contribution in [3.05, 3.63) is 0 Å². The molecule has 0 aromatic heterocycles. The topological polar surface area (TPSA) is 252 Å². The number of guanidine groups is 1. The summed E-state index contributed by atoms with van der Waals surface area (Å²) in [5.41, 5.74) is 15.7. The van der Waals surface area contributed by atoms with Gasteiger partial charge in [-0.2, -0.15) is 0 Å². The van der Waals surface area contributed by atoms with Crippen LogP contribution in [0.15, 0.2) is 4.99 Å². The Bertz CT molecular complexity index is 662. The second-order valence-corrected chi connectivity index (χ2v) is 6.41. The number of carboxylic acids is 2. The molecule has 11 N–H and O–H groups in total. The molecule has 0 fully saturated rings. The van der Waals surface area contributed by atoms with Crippen molar-refractivity contribution in [1.82, 2.24) is 16.0 Å². The fourth-order valence-corrected chi connectivity index (χ4v) is 2.14. The quantitative estimate of drug-likeness (QED) is 0.0762. The summed E-state index contributed by atoms with van der Waals surface area (Å²) in [6, 6.07) is -3.37. The van der Waals surface area contributed by atoms with E-state index in [1.165, 1.54) is 6.92 Å². The number of carbonyl (C=O) groups excluding carboxylic acids is 3. The monoisotopic (exact) mass is 431 g/mol. The predicted octanol–water partition coefficient (Wildman–Crippen LogP) is -3.58. The van der Waals surface area contributed by atoms with Gasteiger partial charge in [0, 0.05) is 13.0 Å². The third-order valence-corrected chi connectivity index (χ3v) is 3.70. The van der Waals surface area contributed by atoms with Gasteiger partial charge in [-0.3, -0.25) is 24.2 Å². The Hall–Kier alpha value is -3.42. The van der Waals surface area contributed by atoms with Crippen LogP contribution in [0.5, 0.6) is 0 Å². The van der Waals surface area contributed by atoms with Crippen LogP contribution in [0.4, 0.5) is 0 Å². The van der Waals surface area contributed by atoms with Crippen LogP contribution >= 0.6 is 0 Å². The molecule has 0 radical (unpaired) electrons. The molecule has 0 saturated heterocycles. The molecule has 0 saturated carbocycles. The zero-order valence-corrected chi connectivity index (χ0v) is 16.6. The minimum absolute atomic E-state index is 0.0531. The fraction of sp³-hybridized carbons (Fsp3) is 0.625. The summed E-state index contributed by atoms with van der Waals surface area (Å²) in [4.78, 5) is 61.6. The van der Waals surface area contributed by atoms with E-state index in [1.807, 2.05) is 0 Å². The van der Waals surface area contributed by atoms with E-state index >= 15 is 0 Å². The van der Waals surface area contributed by atoms with Crippen molar-refractivity contribution >= 4 is 35.6 Å². The minimum Gasteiger partial charge on any atom is -0.481 e. The lowest BCUT2D eigenvalue weighted by atomic mass is 10.1. The van der Waals surface area contributed by atoms with Crippen molar-refractivity contribution in [2.75, 3.05) is 13.1 Å². The highest BCUT2D eigenvalue weighted by Gasteiger charge is 2.24. The molecule has 0 aliphatic heterocycles. The summed E-state index contributed by atoms with van der Waals surface area (Å²) in [5, 5.41) is 24.7. The van der Waals surface area contributed by atoms with Crippen molar-refractivity contribution < 1.29 is 34.2 Å². The molecule has 30 heavy (non-hydrogen) atoms. The Kier molecular flexibility index (Phi) is 12.1. The molecule has 0 rings (SSSR count). The molecule has 0 aliphatic rings. The largest absolute Gasteiger partial charge is 0.481 e. The van der Waals surface area contributed by atoms with E-state index in [0.29, 0.717) is 6.42 Å². The highest BCUT2D eigenvalue weighted by Crippen LogP contribution is 2.00. The molecule has 14 heteroatoms. The van der Waals surface area contributed by atoms with Crippen LogP contribution in [-0.4, -0.2) is 77.0 Å². The van der Waals surface area contributed by atoms with Crippen LogP contribution in [0.2, 0.25) is 0 Å². The zero-order chi connectivity index (χ0) is 23.3. The maximum atomic E-state index is 12.2. The molecule has 0 spiro atoms. The molecule has 0 aliphatic carbocycles. The average molecular weight is 431 g/mol. The normalized spacial score (nSPS) is 13.3. The number of nitrogens with zero attached hydrogens (tertiary/aromatic N) is 1. The van der Waals surface area contributed by atoms with Gasteiger partial charge in [0.15, 0.2) is 5.96 Å². The van der Waals surface area contributed by atoms with Crippen molar-refractivity contribution in [2.45, 2.75) is 50.7 Å². The molecular weight excluding hydrogens is 402 g/mol. The Morgan fingerprint density at radius 2 is 1.60 bits per heavy atom. The van der Waals surface area contributed by atoms with Crippen LogP contribution in [0.1, 0.15) is 32.6 Å². The number of carboxylic acid groups (broad SMARTS) is 2. The lowest BCUT2D eigenvalue weighted by Crippen LogP contribution is -2.53. The number of hydrogen-bond acceptors (Lipinski definition) is 7. The summed E-state index contributed by atoms with van der Waals surface area (Å²) in [5.74, 6) is -4.85. The van der Waals surface area contributed by atoms with E-state index in [4.69, 9.17) is 27.4 Å². The standard InChI is InChI=1S/C16H29N7O7/c1-8(17)13(27)23-9(4-5-12(25)26)14(28)21-7-11(24)22-10(15(29)30)3-2-6-20-16(18)19/h8-10H,2-7,17H2,1H3,(H,21,28)(H,22,24)(H,23,27)(H,25,26)(H,29,30)(H4,18,19,20). The van der Waals surface area contributed by atoms with E-state index in [2.05, 4.69) is 20.9 Å². The van der Waals surface area contributed by atoms with Gasteiger partial charge in [0.1, 0.15) is 12.1 Å². The number of carbonyl (C=O) groups is 5. The van der Waals surface area contributed by atoms with Gasteiger partial charge in [0.25, 0.3) is 0 Å². The highest BCUT2D eigenvalue weighted by atomic mass is 16.4. The number of hydrogen-bond donors (Lipinski definition) is 8. The van der Waals surface area contributed by atoms with Crippen LogP contribution in [-0.2, 0) is 24.0 Å². The first-order chi connectivity index (χ1) is 13.9. The number of amides is 3. The molecule has 3 amide bonds. The Morgan fingerprint density at radius 1 is 0.967 bits per heavy atom. The van der Waals surface area contributed by atoms with Crippen LogP contribution in [0.3, 0.4) is 0 Å². The van der Waals surface area contributed by atoms with Gasteiger partial charge in [-0.05, 0) is 26.2 Å². The second-order valence-electron chi connectivity index (χ2n) is 6.41. The van der Waals surface area contributed by atoms with Crippen molar-refractivity contribution in [3.8, 4) is 0 Å². The van der Waals surface area contributed by atoms with Gasteiger partial charge in [-0.15, -0.1) is 0 Å². The van der Waals surface area contributed by atoms with E-state index in [9.17, 15) is 24.0 Å². The highest BCUT2D eigenvalue weighted by molar-refractivity contribution is 5.92. The van der Waals surface area contributed by atoms with E-state index < -0.39 is 60.8 Å². The summed E-state index contributed by atoms with van der Waals surface area (Å²) in [6.45, 7) is 0.992. The minimum atomic E-state index is -1.28. The second kappa shape index (κ2) is 13.7. The van der Waals surface area contributed by atoms with Gasteiger partial charge < -0.3 is 43.4 Å². The predicted molar refractivity (Wildman–Crippen MR) is 105 cm³/mol. The Balaban J connectivity index is 4.72. The van der Waals surface area contributed by atoms with Crippen molar-refractivity contribution in [1.29, 1.82) is 0 Å². The van der Waals surface area contributed by atoms with Crippen LogP contribution in [0, 0.1) is 0 Å². The van der Waals surface area contributed by atoms with Crippen molar-refractivity contribution in [3.63, 3.8) is 0 Å². The molecule has 0 aromatic carbocycles. The number of rotatable bonds is 14. The first-order valence-corrected chi connectivity index (χ1v) is 9.07. The van der Waals surface area contributed by atoms with Crippen LogP contribution < -0.4 is 33.2 Å². The van der Waals surface area contributed by atoms with Gasteiger partial charge in [-0.1, -0.05) is 0 Å². The van der Waals surface area contributed by atoms with E-state index in [-0.39, 0.29) is 25.3 Å².